The van der Waals surface area contributed by atoms with Crippen LogP contribution in [0, 0.1) is 0 Å². The zero-order valence-corrected chi connectivity index (χ0v) is 24.5. The molecule has 0 spiro atoms. The Morgan fingerprint density at radius 3 is 2.65 bits per heavy atom. The van der Waals surface area contributed by atoms with Crippen molar-refractivity contribution in [3.8, 4) is 11.5 Å². The van der Waals surface area contributed by atoms with Gasteiger partial charge in [0.15, 0.2) is 17.6 Å². The summed E-state index contributed by atoms with van der Waals surface area (Å²) in [5.74, 6) is 2.08. The van der Waals surface area contributed by atoms with Crippen LogP contribution in [0.4, 0.5) is 0 Å². The van der Waals surface area contributed by atoms with Gasteiger partial charge in [-0.2, -0.15) is 0 Å². The molecule has 5 heterocycles. The maximum Gasteiger partial charge on any atom is 0.335 e. The van der Waals surface area contributed by atoms with E-state index in [1.807, 2.05) is 30.3 Å². The largest absolute Gasteiger partial charge is 0.485 e. The van der Waals surface area contributed by atoms with Crippen LogP contribution in [0.25, 0.3) is 21.3 Å². The number of fused-ring (bicyclic) bond motifs is 3. The molecule has 10 heteroatoms. The molecule has 2 aromatic heterocycles. The first kappa shape index (κ1) is 26.6. The smallest absolute Gasteiger partial charge is 0.335 e. The van der Waals surface area contributed by atoms with E-state index in [-0.39, 0.29) is 17.8 Å². The number of aromatic nitrogens is 3. The number of rotatable bonds is 7. The average molecular weight is 597 g/mol. The van der Waals surface area contributed by atoms with E-state index < -0.39 is 5.97 Å². The molecule has 9 nitrogen and oxygen atoms in total. The van der Waals surface area contributed by atoms with Crippen molar-refractivity contribution in [2.24, 2.45) is 0 Å². The number of para-hydroxylation sites is 2. The molecule has 2 fully saturated rings. The molecule has 3 aliphatic rings. The third-order valence-corrected chi connectivity index (χ3v) is 10.0. The first-order valence-electron chi connectivity index (χ1n) is 14.9. The van der Waals surface area contributed by atoms with Crippen molar-refractivity contribution in [2.75, 3.05) is 26.3 Å². The molecule has 2 saturated heterocycles. The van der Waals surface area contributed by atoms with E-state index in [1.54, 1.807) is 23.5 Å². The number of aromatic carboxylic acids is 1. The van der Waals surface area contributed by atoms with Crippen molar-refractivity contribution in [3.05, 3.63) is 82.6 Å². The molecule has 0 amide bonds. The molecule has 3 aromatic carbocycles. The van der Waals surface area contributed by atoms with Gasteiger partial charge in [-0.3, -0.25) is 4.90 Å². The first-order valence-corrected chi connectivity index (χ1v) is 15.7. The molecule has 0 saturated carbocycles. The van der Waals surface area contributed by atoms with Crippen LogP contribution < -0.4 is 9.47 Å². The summed E-state index contributed by atoms with van der Waals surface area (Å²) in [7, 11) is 0. The number of carboxylic acids is 1. The van der Waals surface area contributed by atoms with E-state index in [0.717, 1.165) is 82.5 Å². The van der Waals surface area contributed by atoms with Gasteiger partial charge in [-0.15, -0.1) is 11.3 Å². The van der Waals surface area contributed by atoms with Gasteiger partial charge >= 0.3 is 5.97 Å². The number of imidazole rings is 1. The second-order valence-electron chi connectivity index (χ2n) is 11.6. The highest BCUT2D eigenvalue weighted by Crippen LogP contribution is 2.45. The molecule has 2 atom stereocenters. The lowest BCUT2D eigenvalue weighted by Gasteiger charge is -2.34. The maximum absolute atomic E-state index is 11.6. The summed E-state index contributed by atoms with van der Waals surface area (Å²) in [6.07, 6.45) is 2.97. The van der Waals surface area contributed by atoms with Crippen molar-refractivity contribution in [1.29, 1.82) is 0 Å². The van der Waals surface area contributed by atoms with E-state index in [4.69, 9.17) is 24.2 Å². The quantitative estimate of drug-likeness (QED) is 0.243. The fourth-order valence-electron chi connectivity index (χ4n) is 6.46. The van der Waals surface area contributed by atoms with Crippen LogP contribution in [-0.4, -0.2) is 62.9 Å². The van der Waals surface area contributed by atoms with Crippen molar-refractivity contribution >= 4 is 38.6 Å². The van der Waals surface area contributed by atoms with Gasteiger partial charge in [0.2, 0.25) is 0 Å². The van der Waals surface area contributed by atoms with Crippen LogP contribution in [0.1, 0.15) is 58.0 Å². The van der Waals surface area contributed by atoms with Gasteiger partial charge < -0.3 is 23.9 Å². The Labute approximate surface area is 252 Å². The summed E-state index contributed by atoms with van der Waals surface area (Å²) in [5, 5.41) is 10.5. The van der Waals surface area contributed by atoms with Gasteiger partial charge in [0.05, 0.1) is 46.0 Å². The Morgan fingerprint density at radius 2 is 1.86 bits per heavy atom. The minimum atomic E-state index is -0.928. The SMILES string of the molecule is O=C(O)c1ccc2nc(CN3CCC(c4cccc5c4OC[C@H](c4nc6ccccc6s4)O5)CC3)n(CC3CCO3)c2c1. The van der Waals surface area contributed by atoms with E-state index in [9.17, 15) is 9.90 Å². The Hall–Kier alpha value is -3.99. The molecule has 220 valence electrons. The molecule has 43 heavy (non-hydrogen) atoms. The van der Waals surface area contributed by atoms with Crippen molar-refractivity contribution in [1.82, 2.24) is 19.4 Å². The molecule has 1 N–H and O–H groups in total. The standard InChI is InChI=1S/C33H32N4O5S/c38-33(39)21-8-9-24-26(16-21)37(17-22-12-15-40-22)30(34-24)18-36-13-10-20(11-14-36)23-4-3-6-27-31(23)41-19-28(42-27)32-35-25-5-1-2-7-29(25)43-32/h1-9,16,20,22,28H,10-15,17-19H2,(H,38,39)/t22?,28-/m1/s1. The third-order valence-electron chi connectivity index (χ3n) is 8.89. The Kier molecular flexibility index (Phi) is 6.77. The van der Waals surface area contributed by atoms with Crippen LogP contribution in [-0.2, 0) is 17.8 Å². The number of hydrogen-bond donors (Lipinski definition) is 1. The summed E-state index contributed by atoms with van der Waals surface area (Å²) < 4.78 is 21.9. The first-order chi connectivity index (χ1) is 21.1. The summed E-state index contributed by atoms with van der Waals surface area (Å²) >= 11 is 1.66. The summed E-state index contributed by atoms with van der Waals surface area (Å²) in [6, 6.07) is 19.6. The van der Waals surface area contributed by atoms with Crippen LogP contribution >= 0.6 is 11.3 Å². The van der Waals surface area contributed by atoms with E-state index in [2.05, 4.69) is 27.7 Å². The topological polar surface area (TPSA) is 98.9 Å². The van der Waals surface area contributed by atoms with E-state index in [0.29, 0.717) is 25.6 Å². The molecule has 0 radical (unpaired) electrons. The van der Waals surface area contributed by atoms with E-state index >= 15 is 0 Å². The molecule has 1 unspecified atom stereocenters. The van der Waals surface area contributed by atoms with Crippen molar-refractivity contribution in [2.45, 2.75) is 50.5 Å². The molecule has 8 rings (SSSR count). The molecule has 5 aromatic rings. The molecular weight excluding hydrogens is 564 g/mol. The highest BCUT2D eigenvalue weighted by Gasteiger charge is 2.31. The molecule has 0 aliphatic carbocycles. The second kappa shape index (κ2) is 10.9. The normalized spacial score (nSPS) is 20.8. The zero-order chi connectivity index (χ0) is 28.9. The summed E-state index contributed by atoms with van der Waals surface area (Å²) in [5.41, 5.74) is 4.17. The van der Waals surface area contributed by atoms with Crippen LogP contribution in [0.3, 0.4) is 0 Å². The van der Waals surface area contributed by atoms with Gasteiger partial charge in [0.25, 0.3) is 0 Å². The number of piperidine rings is 1. The Balaban J connectivity index is 0.969. The van der Waals surface area contributed by atoms with Crippen molar-refractivity contribution in [3.63, 3.8) is 0 Å². The number of thiazole rings is 1. The van der Waals surface area contributed by atoms with Crippen LogP contribution in [0.5, 0.6) is 11.5 Å². The monoisotopic (exact) mass is 596 g/mol. The number of ether oxygens (including phenoxy) is 3. The number of carbonyl (C=O) groups is 1. The summed E-state index contributed by atoms with van der Waals surface area (Å²) in [4.78, 5) is 23.8. The van der Waals surface area contributed by atoms with E-state index in [1.165, 1.54) is 5.56 Å². The fraction of sp³-hybridized carbons (Fsp3) is 0.364. The number of likely N-dealkylation sites (tertiary alicyclic amines) is 1. The average Bonchev–Trinajstić information content (AvgIpc) is 3.59. The lowest BCUT2D eigenvalue weighted by molar-refractivity contribution is -0.0592. The number of hydrogen-bond acceptors (Lipinski definition) is 8. The highest BCUT2D eigenvalue weighted by atomic mass is 32.1. The van der Waals surface area contributed by atoms with Crippen LogP contribution in [0.2, 0.25) is 0 Å². The summed E-state index contributed by atoms with van der Waals surface area (Å²) in [6.45, 7) is 4.51. The maximum atomic E-state index is 11.6. The zero-order valence-electron chi connectivity index (χ0n) is 23.6. The van der Waals surface area contributed by atoms with Gasteiger partial charge in [-0.1, -0.05) is 24.3 Å². The number of carboxylic acid groups (broad SMARTS) is 1. The lowest BCUT2D eigenvalue weighted by atomic mass is 9.88. The third kappa shape index (κ3) is 5.03. The van der Waals surface area contributed by atoms with Gasteiger partial charge in [-0.05, 0) is 74.7 Å². The molecule has 3 aliphatic heterocycles. The van der Waals surface area contributed by atoms with Gasteiger partial charge in [-0.25, -0.2) is 14.8 Å². The van der Waals surface area contributed by atoms with Crippen LogP contribution in [0.15, 0.2) is 60.7 Å². The number of benzene rings is 3. The highest BCUT2D eigenvalue weighted by molar-refractivity contribution is 7.18. The minimum Gasteiger partial charge on any atom is -0.485 e. The minimum absolute atomic E-state index is 0.149. The Bertz CT molecular complexity index is 1790. The van der Waals surface area contributed by atoms with Gasteiger partial charge in [0.1, 0.15) is 17.4 Å². The predicted octanol–water partition coefficient (Wildman–Crippen LogP) is 6.03. The van der Waals surface area contributed by atoms with Gasteiger partial charge in [0, 0.05) is 12.2 Å². The van der Waals surface area contributed by atoms with Crippen molar-refractivity contribution < 1.29 is 24.1 Å². The molecular formula is C33H32N4O5S. The molecule has 0 bridgehead atoms. The fourth-order valence-corrected chi connectivity index (χ4v) is 7.44. The Morgan fingerprint density at radius 1 is 1.00 bits per heavy atom. The lowest BCUT2D eigenvalue weighted by Crippen LogP contribution is -2.35. The number of nitrogens with zero attached hydrogens (tertiary/aromatic N) is 4. The second-order valence-corrected chi connectivity index (χ2v) is 12.7. The predicted molar refractivity (Wildman–Crippen MR) is 163 cm³/mol.